The molecule has 8 nitrogen and oxygen atoms in total. The number of anilines is 2. The number of hydrazine groups is 1. The van der Waals surface area contributed by atoms with Crippen molar-refractivity contribution in [2.24, 2.45) is 5.84 Å². The van der Waals surface area contributed by atoms with Gasteiger partial charge in [0.05, 0.1) is 19.3 Å². The van der Waals surface area contributed by atoms with E-state index in [4.69, 9.17) is 10.6 Å². The average Bonchev–Trinajstić information content (AvgIpc) is 2.93. The van der Waals surface area contributed by atoms with Crippen LogP contribution in [0.15, 0.2) is 0 Å². The Morgan fingerprint density at radius 1 is 1.47 bits per heavy atom. The van der Waals surface area contributed by atoms with Crippen LogP contribution in [0, 0.1) is 0 Å². The zero-order valence-corrected chi connectivity index (χ0v) is 11.0. The van der Waals surface area contributed by atoms with Crippen LogP contribution in [-0.4, -0.2) is 45.9 Å². The molecule has 0 amide bonds. The van der Waals surface area contributed by atoms with Gasteiger partial charge in [-0.1, -0.05) is 6.92 Å². The van der Waals surface area contributed by atoms with Crippen LogP contribution in [0.5, 0.6) is 6.01 Å². The molecular formula is C11H20N6O2. The summed E-state index contributed by atoms with van der Waals surface area (Å²) in [6.45, 7) is 3.44. The third-order valence-electron chi connectivity index (χ3n) is 3.01. The lowest BCUT2D eigenvalue weighted by Crippen LogP contribution is -2.34. The third-order valence-corrected chi connectivity index (χ3v) is 3.01. The smallest absolute Gasteiger partial charge is 0.323 e. The number of nitrogens with one attached hydrogen (secondary N) is 1. The molecule has 0 radical (unpaired) electrons. The van der Waals surface area contributed by atoms with Gasteiger partial charge in [-0.2, -0.15) is 15.0 Å². The van der Waals surface area contributed by atoms with Crippen LogP contribution >= 0.6 is 0 Å². The number of nitrogens with two attached hydrogens (primary N) is 1. The fourth-order valence-corrected chi connectivity index (χ4v) is 2.09. The highest BCUT2D eigenvalue weighted by Gasteiger charge is 2.27. The van der Waals surface area contributed by atoms with Gasteiger partial charge in [0.1, 0.15) is 0 Å². The summed E-state index contributed by atoms with van der Waals surface area (Å²) in [5, 5.41) is 9.35. The van der Waals surface area contributed by atoms with Gasteiger partial charge in [0.15, 0.2) is 0 Å². The molecular weight excluding hydrogens is 248 g/mol. The zero-order chi connectivity index (χ0) is 13.7. The molecule has 0 bridgehead atoms. The molecule has 1 aromatic rings. The van der Waals surface area contributed by atoms with Crippen molar-refractivity contribution in [3.05, 3.63) is 0 Å². The largest absolute Gasteiger partial charge is 0.463 e. The average molecular weight is 268 g/mol. The second-order valence-corrected chi connectivity index (χ2v) is 4.41. The van der Waals surface area contributed by atoms with Crippen molar-refractivity contribution >= 4 is 11.9 Å². The van der Waals surface area contributed by atoms with E-state index in [9.17, 15) is 5.11 Å². The van der Waals surface area contributed by atoms with Crippen molar-refractivity contribution in [1.29, 1.82) is 0 Å². The topological polar surface area (TPSA) is 109 Å². The van der Waals surface area contributed by atoms with Gasteiger partial charge < -0.3 is 14.7 Å². The van der Waals surface area contributed by atoms with Crippen LogP contribution in [0.25, 0.3) is 0 Å². The minimum absolute atomic E-state index is 0.0482. The van der Waals surface area contributed by atoms with E-state index < -0.39 is 0 Å². The summed E-state index contributed by atoms with van der Waals surface area (Å²) in [4.78, 5) is 14.5. The first-order chi connectivity index (χ1) is 9.28. The second kappa shape index (κ2) is 6.48. The Labute approximate surface area is 112 Å². The van der Waals surface area contributed by atoms with E-state index in [1.165, 1.54) is 0 Å². The molecule has 1 aliphatic rings. The Morgan fingerprint density at radius 2 is 2.32 bits per heavy atom. The van der Waals surface area contributed by atoms with Gasteiger partial charge in [-0.3, -0.25) is 5.43 Å². The van der Waals surface area contributed by atoms with E-state index in [2.05, 4.69) is 20.4 Å². The maximum absolute atomic E-state index is 9.35. The fourth-order valence-electron chi connectivity index (χ4n) is 2.09. The van der Waals surface area contributed by atoms with E-state index in [1.807, 2.05) is 11.8 Å². The number of aliphatic hydroxyl groups is 1. The molecule has 0 spiro atoms. The first kappa shape index (κ1) is 13.8. The normalized spacial score (nSPS) is 18.7. The standard InChI is InChI=1S/C11H20N6O2/c1-2-6-19-11-14-9(16-12)13-10(15-11)17-5-3-4-8(17)7-18/h8,18H,2-7,12H2,1H3,(H,13,14,15,16). The molecule has 2 heterocycles. The Kier molecular flexibility index (Phi) is 4.69. The zero-order valence-electron chi connectivity index (χ0n) is 11.0. The number of nitrogen functional groups attached to an aromatic ring is 1. The lowest BCUT2D eigenvalue weighted by Gasteiger charge is -2.23. The van der Waals surface area contributed by atoms with E-state index >= 15 is 0 Å². The molecule has 8 heteroatoms. The van der Waals surface area contributed by atoms with Crippen LogP contribution in [0.2, 0.25) is 0 Å². The highest BCUT2D eigenvalue weighted by Crippen LogP contribution is 2.24. The van der Waals surface area contributed by atoms with Gasteiger partial charge in [0.25, 0.3) is 0 Å². The van der Waals surface area contributed by atoms with Gasteiger partial charge in [-0.25, -0.2) is 5.84 Å². The van der Waals surface area contributed by atoms with Crippen molar-refractivity contribution in [3.63, 3.8) is 0 Å². The molecule has 4 N–H and O–H groups in total. The summed E-state index contributed by atoms with van der Waals surface area (Å²) in [5.41, 5.74) is 2.41. The summed E-state index contributed by atoms with van der Waals surface area (Å²) in [6.07, 6.45) is 2.81. The van der Waals surface area contributed by atoms with Crippen molar-refractivity contribution in [1.82, 2.24) is 15.0 Å². The lowest BCUT2D eigenvalue weighted by molar-refractivity contribution is 0.264. The highest BCUT2D eigenvalue weighted by molar-refractivity contribution is 5.39. The van der Waals surface area contributed by atoms with E-state index in [1.54, 1.807) is 0 Å². The Morgan fingerprint density at radius 3 is 3.00 bits per heavy atom. The van der Waals surface area contributed by atoms with Gasteiger partial charge in [0, 0.05) is 6.54 Å². The molecule has 0 saturated carbocycles. The lowest BCUT2D eigenvalue weighted by atomic mass is 10.2. The summed E-state index contributed by atoms with van der Waals surface area (Å²) >= 11 is 0. The number of hydrogen-bond donors (Lipinski definition) is 3. The number of rotatable bonds is 6. The predicted molar refractivity (Wildman–Crippen MR) is 70.9 cm³/mol. The third kappa shape index (κ3) is 3.21. The minimum Gasteiger partial charge on any atom is -0.463 e. The fraction of sp³-hybridized carbons (Fsp3) is 0.727. The number of aromatic nitrogens is 3. The Bertz CT molecular complexity index is 416. The molecule has 0 aliphatic carbocycles. The predicted octanol–water partition coefficient (Wildman–Crippen LogP) is -0.0929. The van der Waals surface area contributed by atoms with E-state index in [0.29, 0.717) is 12.6 Å². The number of hydrogen-bond acceptors (Lipinski definition) is 8. The summed E-state index contributed by atoms with van der Waals surface area (Å²) in [7, 11) is 0. The SMILES string of the molecule is CCCOc1nc(NN)nc(N2CCCC2CO)n1. The first-order valence-electron chi connectivity index (χ1n) is 6.51. The molecule has 1 saturated heterocycles. The highest BCUT2D eigenvalue weighted by atomic mass is 16.5. The molecule has 1 aromatic heterocycles. The molecule has 1 fully saturated rings. The van der Waals surface area contributed by atoms with Crippen molar-refractivity contribution in [2.75, 3.05) is 30.1 Å². The summed E-state index contributed by atoms with van der Waals surface area (Å²) < 4.78 is 5.42. The number of nitrogens with zero attached hydrogens (tertiary/aromatic N) is 4. The molecule has 1 unspecified atom stereocenters. The van der Waals surface area contributed by atoms with Crippen LogP contribution < -0.4 is 20.9 Å². The van der Waals surface area contributed by atoms with Crippen LogP contribution in [-0.2, 0) is 0 Å². The van der Waals surface area contributed by atoms with E-state index in [0.717, 1.165) is 25.8 Å². The Hall–Kier alpha value is -1.67. The van der Waals surface area contributed by atoms with Gasteiger partial charge in [-0.15, -0.1) is 0 Å². The summed E-state index contributed by atoms with van der Waals surface area (Å²) in [6, 6.07) is 0.301. The molecule has 0 aromatic carbocycles. The quantitative estimate of drug-likeness (QED) is 0.485. The molecule has 1 aliphatic heterocycles. The number of aliphatic hydroxyl groups excluding tert-OH is 1. The maximum atomic E-state index is 9.35. The van der Waals surface area contributed by atoms with Crippen LogP contribution in [0.1, 0.15) is 26.2 Å². The van der Waals surface area contributed by atoms with Gasteiger partial charge in [-0.05, 0) is 19.3 Å². The molecule has 1 atom stereocenters. The van der Waals surface area contributed by atoms with Crippen molar-refractivity contribution in [3.8, 4) is 6.01 Å². The monoisotopic (exact) mass is 268 g/mol. The maximum Gasteiger partial charge on any atom is 0.323 e. The van der Waals surface area contributed by atoms with Gasteiger partial charge >= 0.3 is 6.01 Å². The van der Waals surface area contributed by atoms with Gasteiger partial charge in [0.2, 0.25) is 11.9 Å². The number of ether oxygens (including phenoxy) is 1. The molecule has 2 rings (SSSR count). The minimum atomic E-state index is 0.0482. The molecule has 106 valence electrons. The van der Waals surface area contributed by atoms with E-state index in [-0.39, 0.29) is 24.6 Å². The van der Waals surface area contributed by atoms with Crippen LogP contribution in [0.4, 0.5) is 11.9 Å². The Balaban J connectivity index is 2.23. The van der Waals surface area contributed by atoms with Crippen LogP contribution in [0.3, 0.4) is 0 Å². The van der Waals surface area contributed by atoms with Crippen molar-refractivity contribution < 1.29 is 9.84 Å². The molecule has 19 heavy (non-hydrogen) atoms. The second-order valence-electron chi connectivity index (χ2n) is 4.41. The van der Waals surface area contributed by atoms with Crippen molar-refractivity contribution in [2.45, 2.75) is 32.2 Å². The summed E-state index contributed by atoms with van der Waals surface area (Å²) in [5.74, 6) is 6.11. The first-order valence-corrected chi connectivity index (χ1v) is 6.51.